The number of rotatable bonds is 5. The van der Waals surface area contributed by atoms with Crippen LogP contribution in [0.1, 0.15) is 46.1 Å². The molecule has 0 atom stereocenters. The standard InChI is InChI=1S/C20H19N5O3/c1-11-3-7-16(15(9-11)19-22-18(23-24-19)13-4-5-13)21-20(26)14-6-8-17(25(27)28)12(2)10-14/h3,6-10,13H,4-5H2,1-2H3,(H,21,26)(H,22,23,24). The van der Waals surface area contributed by atoms with Crippen LogP contribution in [0.3, 0.4) is 0 Å². The normalized spacial score (nSPS) is 13.4. The number of anilines is 1. The first kappa shape index (κ1) is 17.8. The number of aryl methyl sites for hydroxylation is 2. The lowest BCUT2D eigenvalue weighted by molar-refractivity contribution is -0.385. The van der Waals surface area contributed by atoms with Crippen LogP contribution in [0.5, 0.6) is 0 Å². The number of hydrogen-bond donors (Lipinski definition) is 2. The third-order valence-corrected chi connectivity index (χ3v) is 4.79. The van der Waals surface area contributed by atoms with E-state index in [9.17, 15) is 14.9 Å². The molecule has 0 radical (unpaired) electrons. The summed E-state index contributed by atoms with van der Waals surface area (Å²) in [7, 11) is 0. The zero-order valence-corrected chi connectivity index (χ0v) is 15.5. The summed E-state index contributed by atoms with van der Waals surface area (Å²) in [5, 5.41) is 21.1. The molecule has 8 nitrogen and oxygen atoms in total. The van der Waals surface area contributed by atoms with Crippen LogP contribution in [0.25, 0.3) is 11.4 Å². The first-order valence-corrected chi connectivity index (χ1v) is 9.02. The number of nitrogens with zero attached hydrogens (tertiary/aromatic N) is 3. The average Bonchev–Trinajstić information content (AvgIpc) is 3.40. The predicted molar refractivity (Wildman–Crippen MR) is 104 cm³/mol. The van der Waals surface area contributed by atoms with Gasteiger partial charge >= 0.3 is 0 Å². The average molecular weight is 377 g/mol. The Kier molecular flexibility index (Phi) is 4.38. The van der Waals surface area contributed by atoms with E-state index in [2.05, 4.69) is 20.5 Å². The SMILES string of the molecule is Cc1ccc(NC(=O)c2ccc([N+](=O)[O-])c(C)c2)c(-c2n[nH]c(C3CC3)n2)c1. The fourth-order valence-corrected chi connectivity index (χ4v) is 3.08. The molecule has 28 heavy (non-hydrogen) atoms. The van der Waals surface area contributed by atoms with E-state index in [-0.39, 0.29) is 11.6 Å². The first-order chi connectivity index (χ1) is 13.4. The number of hydrogen-bond acceptors (Lipinski definition) is 5. The van der Waals surface area contributed by atoms with E-state index in [0.717, 1.165) is 29.8 Å². The highest BCUT2D eigenvalue weighted by atomic mass is 16.6. The fourth-order valence-electron chi connectivity index (χ4n) is 3.08. The van der Waals surface area contributed by atoms with Gasteiger partial charge in [-0.25, -0.2) is 4.98 Å². The second kappa shape index (κ2) is 6.88. The minimum atomic E-state index is -0.463. The Morgan fingerprint density at radius 2 is 2.00 bits per heavy atom. The number of aromatic amines is 1. The van der Waals surface area contributed by atoms with Crippen LogP contribution < -0.4 is 5.32 Å². The van der Waals surface area contributed by atoms with Crippen LogP contribution in [0.2, 0.25) is 0 Å². The number of carbonyl (C=O) groups excluding carboxylic acids is 1. The largest absolute Gasteiger partial charge is 0.321 e. The minimum Gasteiger partial charge on any atom is -0.321 e. The van der Waals surface area contributed by atoms with Crippen molar-refractivity contribution in [3.05, 3.63) is 69.0 Å². The maximum atomic E-state index is 12.7. The molecular weight excluding hydrogens is 358 g/mol. The van der Waals surface area contributed by atoms with Crippen molar-refractivity contribution < 1.29 is 9.72 Å². The van der Waals surface area contributed by atoms with Gasteiger partial charge in [0.1, 0.15) is 5.82 Å². The van der Waals surface area contributed by atoms with Crippen LogP contribution in [0, 0.1) is 24.0 Å². The Morgan fingerprint density at radius 3 is 2.68 bits per heavy atom. The summed E-state index contributed by atoms with van der Waals surface area (Å²) >= 11 is 0. The van der Waals surface area contributed by atoms with E-state index in [0.29, 0.717) is 28.6 Å². The quantitative estimate of drug-likeness (QED) is 0.513. The van der Waals surface area contributed by atoms with Gasteiger partial charge in [-0.05, 0) is 51.0 Å². The van der Waals surface area contributed by atoms with Gasteiger partial charge in [-0.3, -0.25) is 20.0 Å². The highest BCUT2D eigenvalue weighted by Crippen LogP contribution is 2.39. The van der Waals surface area contributed by atoms with Gasteiger partial charge in [-0.15, -0.1) is 0 Å². The van der Waals surface area contributed by atoms with E-state index in [1.807, 2.05) is 25.1 Å². The van der Waals surface area contributed by atoms with Crippen molar-refractivity contribution in [1.82, 2.24) is 15.2 Å². The molecule has 2 aromatic carbocycles. The molecule has 3 aromatic rings. The van der Waals surface area contributed by atoms with Gasteiger partial charge in [-0.1, -0.05) is 11.6 Å². The molecule has 8 heteroatoms. The summed E-state index contributed by atoms with van der Waals surface area (Å²) in [6.07, 6.45) is 2.23. The maximum absolute atomic E-state index is 12.7. The molecule has 1 aliphatic rings. The molecule has 142 valence electrons. The van der Waals surface area contributed by atoms with Crippen molar-refractivity contribution in [1.29, 1.82) is 0 Å². The van der Waals surface area contributed by atoms with Crippen molar-refractivity contribution in [2.45, 2.75) is 32.6 Å². The van der Waals surface area contributed by atoms with Gasteiger partial charge in [0.15, 0.2) is 5.82 Å². The van der Waals surface area contributed by atoms with E-state index < -0.39 is 4.92 Å². The number of aromatic nitrogens is 3. The molecule has 2 N–H and O–H groups in total. The molecule has 0 aliphatic heterocycles. The van der Waals surface area contributed by atoms with Crippen molar-refractivity contribution in [2.24, 2.45) is 0 Å². The molecule has 1 aliphatic carbocycles. The molecule has 1 aromatic heterocycles. The van der Waals surface area contributed by atoms with E-state index in [4.69, 9.17) is 0 Å². The summed E-state index contributed by atoms with van der Waals surface area (Å²) in [6, 6.07) is 9.95. The summed E-state index contributed by atoms with van der Waals surface area (Å²) in [6.45, 7) is 3.57. The van der Waals surface area contributed by atoms with Crippen LogP contribution in [0.4, 0.5) is 11.4 Å². The number of nitro benzene ring substituents is 1. The number of amides is 1. The zero-order valence-electron chi connectivity index (χ0n) is 15.5. The third kappa shape index (κ3) is 3.48. The fraction of sp³-hybridized carbons (Fsp3) is 0.250. The Hall–Kier alpha value is -3.55. The number of benzene rings is 2. The molecule has 1 heterocycles. The Morgan fingerprint density at radius 1 is 1.21 bits per heavy atom. The van der Waals surface area contributed by atoms with Crippen molar-refractivity contribution in [3.8, 4) is 11.4 Å². The summed E-state index contributed by atoms with van der Waals surface area (Å²) in [4.78, 5) is 27.8. The van der Waals surface area contributed by atoms with Crippen molar-refractivity contribution in [2.75, 3.05) is 5.32 Å². The van der Waals surface area contributed by atoms with Gasteiger partial charge in [0.05, 0.1) is 10.6 Å². The topological polar surface area (TPSA) is 114 Å². The van der Waals surface area contributed by atoms with Crippen LogP contribution in [-0.4, -0.2) is 26.0 Å². The molecule has 0 spiro atoms. The van der Waals surface area contributed by atoms with E-state index in [1.165, 1.54) is 18.2 Å². The summed E-state index contributed by atoms with van der Waals surface area (Å²) < 4.78 is 0. The van der Waals surface area contributed by atoms with Crippen molar-refractivity contribution in [3.63, 3.8) is 0 Å². The Bertz CT molecular complexity index is 1090. The smallest absolute Gasteiger partial charge is 0.272 e. The third-order valence-electron chi connectivity index (χ3n) is 4.79. The Labute approximate surface area is 161 Å². The summed E-state index contributed by atoms with van der Waals surface area (Å²) in [5.74, 6) is 1.52. The minimum absolute atomic E-state index is 0.0131. The van der Waals surface area contributed by atoms with Gasteiger partial charge in [0.2, 0.25) is 0 Å². The van der Waals surface area contributed by atoms with E-state index >= 15 is 0 Å². The van der Waals surface area contributed by atoms with Crippen LogP contribution in [-0.2, 0) is 0 Å². The molecule has 1 saturated carbocycles. The first-order valence-electron chi connectivity index (χ1n) is 9.02. The molecule has 1 amide bonds. The number of H-pyrrole nitrogens is 1. The lowest BCUT2D eigenvalue weighted by Gasteiger charge is -2.10. The second-order valence-electron chi connectivity index (χ2n) is 7.08. The van der Waals surface area contributed by atoms with Gasteiger partial charge in [-0.2, -0.15) is 5.10 Å². The van der Waals surface area contributed by atoms with Gasteiger partial charge in [0.25, 0.3) is 11.6 Å². The zero-order chi connectivity index (χ0) is 19.8. The predicted octanol–water partition coefficient (Wildman–Crippen LogP) is 4.13. The molecule has 1 fully saturated rings. The van der Waals surface area contributed by atoms with Crippen LogP contribution in [0.15, 0.2) is 36.4 Å². The molecular formula is C20H19N5O3. The maximum Gasteiger partial charge on any atom is 0.272 e. The number of nitrogens with one attached hydrogen (secondary N) is 2. The second-order valence-corrected chi connectivity index (χ2v) is 7.08. The van der Waals surface area contributed by atoms with E-state index in [1.54, 1.807) is 6.92 Å². The highest BCUT2D eigenvalue weighted by molar-refractivity contribution is 6.06. The molecule has 0 saturated heterocycles. The summed E-state index contributed by atoms with van der Waals surface area (Å²) in [5.41, 5.74) is 3.12. The van der Waals surface area contributed by atoms with Crippen molar-refractivity contribution >= 4 is 17.3 Å². The van der Waals surface area contributed by atoms with Gasteiger partial charge < -0.3 is 5.32 Å². The molecule has 0 unspecified atom stereocenters. The van der Waals surface area contributed by atoms with Crippen LogP contribution >= 0.6 is 0 Å². The monoisotopic (exact) mass is 377 g/mol. The molecule has 4 rings (SSSR count). The Balaban J connectivity index is 1.63. The highest BCUT2D eigenvalue weighted by Gasteiger charge is 2.27. The lowest BCUT2D eigenvalue weighted by atomic mass is 10.1. The molecule has 0 bridgehead atoms. The van der Waals surface area contributed by atoms with Gasteiger partial charge in [0, 0.05) is 28.7 Å². The number of nitro groups is 1. The number of carbonyl (C=O) groups is 1. The lowest BCUT2D eigenvalue weighted by Crippen LogP contribution is -2.13.